The van der Waals surface area contributed by atoms with Crippen molar-refractivity contribution in [3.05, 3.63) is 70.8 Å². The average molecular weight is 477 g/mol. The highest BCUT2D eigenvalue weighted by atomic mass is 16.5. The lowest BCUT2D eigenvalue weighted by atomic mass is 9.80. The number of hydrogen-bond donors (Lipinski definition) is 2. The maximum absolute atomic E-state index is 14.1. The van der Waals surface area contributed by atoms with E-state index in [1.165, 1.54) is 22.9 Å². The van der Waals surface area contributed by atoms with E-state index in [9.17, 15) is 19.5 Å². The van der Waals surface area contributed by atoms with E-state index in [0.29, 0.717) is 28.6 Å². The number of fused-ring (bicyclic) bond motifs is 4. The topological polar surface area (TPSA) is 114 Å². The molecule has 0 unspecified atom stereocenters. The van der Waals surface area contributed by atoms with Gasteiger partial charge in [-0.25, -0.2) is 9.78 Å². The molecular formula is C26H28N4O5. The number of amides is 1. The molecule has 0 radical (unpaired) electrons. The zero-order valence-electron chi connectivity index (χ0n) is 19.8. The first-order valence-corrected chi connectivity index (χ1v) is 11.8. The molecule has 2 aliphatic heterocycles. The number of hydrogen-bond acceptors (Lipinski definition) is 7. The van der Waals surface area contributed by atoms with Crippen LogP contribution in [0.2, 0.25) is 0 Å². The minimum Gasteiger partial charge on any atom is -0.467 e. The van der Waals surface area contributed by atoms with Crippen LogP contribution in [-0.2, 0) is 19.9 Å². The Balaban J connectivity index is 1.71. The van der Waals surface area contributed by atoms with Crippen molar-refractivity contribution in [1.29, 1.82) is 0 Å². The summed E-state index contributed by atoms with van der Waals surface area (Å²) in [6, 6.07) is 12.2. The molecular weight excluding hydrogens is 448 g/mol. The van der Waals surface area contributed by atoms with Crippen LogP contribution in [0.1, 0.15) is 38.3 Å². The normalized spacial score (nSPS) is 24.9. The van der Waals surface area contributed by atoms with Crippen LogP contribution in [0, 0.1) is 5.92 Å². The number of carbonyl (C=O) groups excluding carboxylic acids is 2. The number of aliphatic hydroxyl groups is 1. The molecule has 5 rings (SSSR count). The lowest BCUT2D eigenvalue weighted by Gasteiger charge is -2.49. The molecule has 0 spiro atoms. The highest BCUT2D eigenvalue weighted by Crippen LogP contribution is 2.49. The SMILES string of the molecule is CC[C@H](C)[C@@H](C(=O)OC)N1C(=O)[C@H](n2cnc3ccccc3c2=O)C[C@@]2(O)c3ccccc3N[C@@H]12. The summed E-state index contributed by atoms with van der Waals surface area (Å²) >= 11 is 0. The minimum atomic E-state index is -1.54. The Kier molecular flexibility index (Phi) is 5.59. The summed E-state index contributed by atoms with van der Waals surface area (Å²) in [6.07, 6.45) is 1.00. The predicted octanol–water partition coefficient (Wildman–Crippen LogP) is 2.40. The summed E-state index contributed by atoms with van der Waals surface area (Å²) in [7, 11) is 1.28. The lowest BCUT2D eigenvalue weighted by Crippen LogP contribution is -2.66. The monoisotopic (exact) mass is 476 g/mol. The van der Waals surface area contributed by atoms with Crippen molar-refractivity contribution in [1.82, 2.24) is 14.5 Å². The van der Waals surface area contributed by atoms with Crippen molar-refractivity contribution >= 4 is 28.5 Å². The van der Waals surface area contributed by atoms with E-state index in [0.717, 1.165) is 0 Å². The van der Waals surface area contributed by atoms with Gasteiger partial charge in [0, 0.05) is 17.7 Å². The Labute approximate surface area is 202 Å². The van der Waals surface area contributed by atoms with Crippen molar-refractivity contribution in [2.24, 2.45) is 5.92 Å². The number of carbonyl (C=O) groups is 2. The van der Waals surface area contributed by atoms with Gasteiger partial charge < -0.3 is 20.1 Å². The van der Waals surface area contributed by atoms with Crippen molar-refractivity contribution in [3.8, 4) is 0 Å². The third kappa shape index (κ3) is 3.41. The summed E-state index contributed by atoms with van der Waals surface area (Å²) in [4.78, 5) is 46.3. The Bertz CT molecular complexity index is 1370. The van der Waals surface area contributed by atoms with E-state index in [1.807, 2.05) is 32.0 Å². The van der Waals surface area contributed by atoms with Gasteiger partial charge in [-0.05, 0) is 24.1 Å². The highest BCUT2D eigenvalue weighted by Gasteiger charge is 2.59. The van der Waals surface area contributed by atoms with Crippen LogP contribution in [0.15, 0.2) is 59.7 Å². The van der Waals surface area contributed by atoms with Gasteiger partial charge in [-0.15, -0.1) is 0 Å². The number of para-hydroxylation sites is 2. The van der Waals surface area contributed by atoms with Gasteiger partial charge in [-0.2, -0.15) is 0 Å². The Morgan fingerprint density at radius 1 is 1.23 bits per heavy atom. The van der Waals surface area contributed by atoms with Crippen molar-refractivity contribution < 1.29 is 19.4 Å². The van der Waals surface area contributed by atoms with E-state index in [1.54, 1.807) is 30.3 Å². The number of likely N-dealkylation sites (tertiary alicyclic amines) is 1. The van der Waals surface area contributed by atoms with Crippen LogP contribution in [0.3, 0.4) is 0 Å². The number of piperidine rings is 1. The fourth-order valence-corrected chi connectivity index (χ4v) is 5.39. The zero-order chi connectivity index (χ0) is 24.9. The Hall–Kier alpha value is -3.72. The molecule has 0 bridgehead atoms. The molecule has 1 fully saturated rings. The maximum Gasteiger partial charge on any atom is 0.328 e. The number of nitrogens with one attached hydrogen (secondary N) is 1. The molecule has 35 heavy (non-hydrogen) atoms. The number of benzene rings is 2. The van der Waals surface area contributed by atoms with E-state index in [-0.39, 0.29) is 17.9 Å². The van der Waals surface area contributed by atoms with Crippen LogP contribution in [0.4, 0.5) is 5.69 Å². The summed E-state index contributed by atoms with van der Waals surface area (Å²) in [5, 5.41) is 15.7. The van der Waals surface area contributed by atoms with Crippen LogP contribution in [0.25, 0.3) is 10.9 Å². The minimum absolute atomic E-state index is 0.0503. The van der Waals surface area contributed by atoms with E-state index in [2.05, 4.69) is 10.3 Å². The number of nitrogens with zero attached hydrogens (tertiary/aromatic N) is 3. The molecule has 3 heterocycles. The molecule has 3 aromatic rings. The van der Waals surface area contributed by atoms with Crippen LogP contribution < -0.4 is 10.9 Å². The average Bonchev–Trinajstić information content (AvgIpc) is 3.18. The molecule has 2 aromatic carbocycles. The van der Waals surface area contributed by atoms with Gasteiger partial charge in [0.15, 0.2) is 0 Å². The largest absolute Gasteiger partial charge is 0.467 e. The molecule has 1 aromatic heterocycles. The van der Waals surface area contributed by atoms with Crippen molar-refractivity contribution in [2.45, 2.75) is 50.5 Å². The van der Waals surface area contributed by atoms with Crippen LogP contribution in [0.5, 0.6) is 0 Å². The quantitative estimate of drug-likeness (QED) is 0.544. The molecule has 1 amide bonds. The number of ether oxygens (including phenoxy) is 1. The summed E-state index contributed by atoms with van der Waals surface area (Å²) in [5.41, 5.74) is -0.115. The fraction of sp³-hybridized carbons (Fsp3) is 0.385. The Morgan fingerprint density at radius 3 is 2.69 bits per heavy atom. The third-order valence-electron chi connectivity index (χ3n) is 7.41. The van der Waals surface area contributed by atoms with Gasteiger partial charge in [0.05, 0.1) is 24.3 Å². The first kappa shape index (κ1) is 23.0. The molecule has 0 aliphatic carbocycles. The highest BCUT2D eigenvalue weighted by molar-refractivity contribution is 5.90. The van der Waals surface area contributed by atoms with Gasteiger partial charge in [0.2, 0.25) is 5.91 Å². The van der Waals surface area contributed by atoms with Crippen LogP contribution >= 0.6 is 0 Å². The fourth-order valence-electron chi connectivity index (χ4n) is 5.39. The second-order valence-corrected chi connectivity index (χ2v) is 9.31. The molecule has 9 nitrogen and oxygen atoms in total. The number of anilines is 1. The molecule has 2 N–H and O–H groups in total. The molecule has 9 heteroatoms. The smallest absolute Gasteiger partial charge is 0.328 e. The molecule has 5 atom stereocenters. The number of esters is 1. The van der Waals surface area contributed by atoms with Crippen molar-refractivity contribution in [2.75, 3.05) is 12.4 Å². The molecule has 0 saturated carbocycles. The first-order valence-electron chi connectivity index (χ1n) is 11.8. The number of methoxy groups -OCH3 is 1. The number of rotatable bonds is 5. The lowest BCUT2D eigenvalue weighted by molar-refractivity contribution is -0.174. The van der Waals surface area contributed by atoms with E-state index < -0.39 is 35.7 Å². The van der Waals surface area contributed by atoms with E-state index >= 15 is 0 Å². The second-order valence-electron chi connectivity index (χ2n) is 9.31. The Morgan fingerprint density at radius 2 is 1.94 bits per heavy atom. The third-order valence-corrected chi connectivity index (χ3v) is 7.41. The van der Waals surface area contributed by atoms with Gasteiger partial charge in [0.25, 0.3) is 5.56 Å². The van der Waals surface area contributed by atoms with Gasteiger partial charge in [0.1, 0.15) is 23.9 Å². The molecule has 1 saturated heterocycles. The summed E-state index contributed by atoms with van der Waals surface area (Å²) in [6.45, 7) is 3.79. The van der Waals surface area contributed by atoms with Gasteiger partial charge in [-0.1, -0.05) is 50.6 Å². The summed E-state index contributed by atoms with van der Waals surface area (Å²) in [5.74, 6) is -1.28. The second kappa shape index (κ2) is 8.49. The molecule has 2 aliphatic rings. The standard InChI is InChI=1S/C26H28N4O5/c1-4-15(2)21(24(33)35-3)30-23(32)20(29-14-27-18-11-7-5-9-16(18)22(29)31)13-26(34)17-10-6-8-12-19(17)28-25(26)30/h5-12,14-15,20-21,25,28,34H,4,13H2,1-3H3/t15-,20+,21-,25-,26+/m0/s1. The van der Waals surface area contributed by atoms with Crippen LogP contribution in [-0.4, -0.2) is 50.8 Å². The predicted molar refractivity (Wildman–Crippen MR) is 130 cm³/mol. The summed E-state index contributed by atoms with van der Waals surface area (Å²) < 4.78 is 6.37. The maximum atomic E-state index is 14.1. The van der Waals surface area contributed by atoms with Gasteiger partial charge >= 0.3 is 5.97 Å². The zero-order valence-corrected chi connectivity index (χ0v) is 19.8. The first-order chi connectivity index (χ1) is 16.8. The van der Waals surface area contributed by atoms with Gasteiger partial charge in [-0.3, -0.25) is 14.2 Å². The van der Waals surface area contributed by atoms with Crippen molar-refractivity contribution in [3.63, 3.8) is 0 Å². The number of aromatic nitrogens is 2. The van der Waals surface area contributed by atoms with E-state index in [4.69, 9.17) is 4.74 Å². The molecule has 182 valence electrons.